The van der Waals surface area contributed by atoms with Gasteiger partial charge in [0.15, 0.2) is 0 Å². The predicted octanol–water partition coefficient (Wildman–Crippen LogP) is 4.59. The molecule has 1 aromatic carbocycles. The average Bonchev–Trinajstić information content (AvgIpc) is 2.37. The first-order valence-corrected chi connectivity index (χ1v) is 7.74. The molecular weight excluding hydrogens is 230 g/mol. The molecule has 1 aromatic rings. The molecule has 0 heterocycles. The first-order valence-electron chi connectivity index (χ1n) is 7.74. The minimum Gasteiger partial charge on any atom is -0.311 e. The highest BCUT2D eigenvalue weighted by atomic mass is 15.0. The van der Waals surface area contributed by atoms with Crippen molar-refractivity contribution in [2.75, 3.05) is 6.54 Å². The van der Waals surface area contributed by atoms with E-state index in [0.29, 0.717) is 5.41 Å². The molecule has 0 aromatic heterocycles. The number of aryl methyl sites for hydroxylation is 1. The summed E-state index contributed by atoms with van der Waals surface area (Å²) >= 11 is 0. The van der Waals surface area contributed by atoms with Crippen molar-refractivity contribution < 1.29 is 0 Å². The highest BCUT2D eigenvalue weighted by Gasteiger charge is 2.34. The van der Waals surface area contributed by atoms with E-state index in [1.54, 1.807) is 0 Å². The summed E-state index contributed by atoms with van der Waals surface area (Å²) < 4.78 is 0. The van der Waals surface area contributed by atoms with Gasteiger partial charge in [0.25, 0.3) is 0 Å². The van der Waals surface area contributed by atoms with E-state index in [-0.39, 0.29) is 5.54 Å². The van der Waals surface area contributed by atoms with Crippen LogP contribution < -0.4 is 5.32 Å². The molecule has 2 rings (SSSR count). The molecule has 0 spiro atoms. The second-order valence-electron chi connectivity index (χ2n) is 7.31. The summed E-state index contributed by atoms with van der Waals surface area (Å²) in [7, 11) is 0. The molecule has 106 valence electrons. The van der Waals surface area contributed by atoms with E-state index in [9.17, 15) is 0 Å². The lowest BCUT2D eigenvalue weighted by molar-refractivity contribution is 0.254. The van der Waals surface area contributed by atoms with E-state index >= 15 is 0 Å². The van der Waals surface area contributed by atoms with Crippen LogP contribution in [-0.2, 0) is 5.41 Å². The lowest BCUT2D eigenvalue weighted by atomic mass is 9.69. The Morgan fingerprint density at radius 2 is 1.58 bits per heavy atom. The van der Waals surface area contributed by atoms with Gasteiger partial charge in [-0.05, 0) is 46.1 Å². The van der Waals surface area contributed by atoms with Crippen LogP contribution in [0.1, 0.15) is 64.0 Å². The minimum absolute atomic E-state index is 0.204. The van der Waals surface area contributed by atoms with E-state index in [4.69, 9.17) is 0 Å². The topological polar surface area (TPSA) is 12.0 Å². The van der Waals surface area contributed by atoms with Gasteiger partial charge in [-0.25, -0.2) is 0 Å². The molecule has 1 aliphatic carbocycles. The van der Waals surface area contributed by atoms with Crippen LogP contribution >= 0.6 is 0 Å². The molecule has 0 aliphatic heterocycles. The van der Waals surface area contributed by atoms with Crippen LogP contribution in [0.2, 0.25) is 0 Å². The maximum absolute atomic E-state index is 3.75. The Labute approximate surface area is 118 Å². The lowest BCUT2D eigenvalue weighted by Crippen LogP contribution is -2.47. The third-order valence-electron chi connectivity index (χ3n) is 4.43. The molecule has 0 radical (unpaired) electrons. The molecule has 1 saturated carbocycles. The van der Waals surface area contributed by atoms with Gasteiger partial charge in [-0.3, -0.25) is 0 Å². The molecule has 0 unspecified atom stereocenters. The molecule has 0 amide bonds. The summed E-state index contributed by atoms with van der Waals surface area (Å²) in [5.74, 6) is 0. The van der Waals surface area contributed by atoms with Crippen LogP contribution in [-0.4, -0.2) is 12.1 Å². The maximum atomic E-state index is 3.75. The van der Waals surface area contributed by atoms with Gasteiger partial charge in [-0.1, -0.05) is 49.1 Å². The van der Waals surface area contributed by atoms with Gasteiger partial charge in [-0.2, -0.15) is 0 Å². The number of nitrogens with one attached hydrogen (secondary N) is 1. The zero-order valence-electron chi connectivity index (χ0n) is 13.1. The van der Waals surface area contributed by atoms with Crippen molar-refractivity contribution in [2.45, 2.75) is 70.8 Å². The van der Waals surface area contributed by atoms with E-state index in [2.05, 4.69) is 57.3 Å². The monoisotopic (exact) mass is 259 g/mol. The van der Waals surface area contributed by atoms with Crippen molar-refractivity contribution in [2.24, 2.45) is 0 Å². The lowest BCUT2D eigenvalue weighted by Gasteiger charge is -2.40. The van der Waals surface area contributed by atoms with Crippen molar-refractivity contribution in [3.63, 3.8) is 0 Å². The van der Waals surface area contributed by atoms with Crippen molar-refractivity contribution >= 4 is 0 Å². The normalized spacial score (nSPS) is 19.4. The Bertz CT molecular complexity index is 391. The molecule has 1 heteroatoms. The van der Waals surface area contributed by atoms with Crippen LogP contribution in [0.15, 0.2) is 24.3 Å². The summed E-state index contributed by atoms with van der Waals surface area (Å²) in [6.45, 7) is 10.1. The standard InChI is InChI=1S/C18H29N/c1-15-8-10-16(11-9-15)18(12-6-5-7-13-18)14-19-17(2,3)4/h8-11,19H,5-7,12-14H2,1-4H3. The molecule has 1 nitrogen and oxygen atoms in total. The Kier molecular flexibility index (Phi) is 4.35. The third kappa shape index (κ3) is 3.82. The zero-order valence-corrected chi connectivity index (χ0v) is 13.1. The molecule has 0 bridgehead atoms. The van der Waals surface area contributed by atoms with E-state index in [1.807, 2.05) is 0 Å². The molecule has 1 N–H and O–H groups in total. The number of benzene rings is 1. The van der Waals surface area contributed by atoms with E-state index < -0.39 is 0 Å². The fraction of sp³-hybridized carbons (Fsp3) is 0.667. The molecule has 0 saturated heterocycles. The van der Waals surface area contributed by atoms with Gasteiger partial charge < -0.3 is 5.32 Å². The van der Waals surface area contributed by atoms with Gasteiger partial charge in [0.1, 0.15) is 0 Å². The van der Waals surface area contributed by atoms with Gasteiger partial charge >= 0.3 is 0 Å². The summed E-state index contributed by atoms with van der Waals surface area (Å²) in [5.41, 5.74) is 3.46. The maximum Gasteiger partial charge on any atom is 0.00968 e. The predicted molar refractivity (Wildman–Crippen MR) is 83.7 cm³/mol. The summed E-state index contributed by atoms with van der Waals surface area (Å²) in [4.78, 5) is 0. The molecule has 19 heavy (non-hydrogen) atoms. The summed E-state index contributed by atoms with van der Waals surface area (Å²) in [6.07, 6.45) is 6.82. The van der Waals surface area contributed by atoms with Crippen molar-refractivity contribution in [3.05, 3.63) is 35.4 Å². The first kappa shape index (κ1) is 14.6. The highest BCUT2D eigenvalue weighted by molar-refractivity contribution is 5.30. The first-order chi connectivity index (χ1) is 8.91. The second-order valence-corrected chi connectivity index (χ2v) is 7.31. The SMILES string of the molecule is Cc1ccc(C2(CNC(C)(C)C)CCCCC2)cc1. The van der Waals surface area contributed by atoms with Crippen molar-refractivity contribution in [1.29, 1.82) is 0 Å². The van der Waals surface area contributed by atoms with Crippen LogP contribution in [0, 0.1) is 6.92 Å². The Balaban J connectivity index is 2.21. The number of rotatable bonds is 3. The smallest absolute Gasteiger partial charge is 0.00968 e. The third-order valence-corrected chi connectivity index (χ3v) is 4.43. The fourth-order valence-corrected chi connectivity index (χ4v) is 3.14. The summed E-state index contributed by atoms with van der Waals surface area (Å²) in [6, 6.07) is 9.24. The highest BCUT2D eigenvalue weighted by Crippen LogP contribution is 2.39. The van der Waals surface area contributed by atoms with E-state index in [1.165, 1.54) is 43.2 Å². The largest absolute Gasteiger partial charge is 0.311 e. The second kappa shape index (κ2) is 5.66. The zero-order chi connectivity index (χ0) is 13.9. The summed E-state index contributed by atoms with van der Waals surface area (Å²) in [5, 5.41) is 3.75. The number of hydrogen-bond acceptors (Lipinski definition) is 1. The Morgan fingerprint density at radius 3 is 2.11 bits per heavy atom. The number of hydrogen-bond donors (Lipinski definition) is 1. The minimum atomic E-state index is 0.204. The fourth-order valence-electron chi connectivity index (χ4n) is 3.14. The Morgan fingerprint density at radius 1 is 1.00 bits per heavy atom. The quantitative estimate of drug-likeness (QED) is 0.837. The molecule has 1 fully saturated rings. The van der Waals surface area contributed by atoms with Crippen molar-refractivity contribution in [3.8, 4) is 0 Å². The van der Waals surface area contributed by atoms with Gasteiger partial charge in [-0.15, -0.1) is 0 Å². The molecule has 1 aliphatic rings. The Hall–Kier alpha value is -0.820. The van der Waals surface area contributed by atoms with Gasteiger partial charge in [0.2, 0.25) is 0 Å². The van der Waals surface area contributed by atoms with Crippen LogP contribution in [0.3, 0.4) is 0 Å². The molecule has 0 atom stereocenters. The molecular formula is C18H29N. The van der Waals surface area contributed by atoms with Gasteiger partial charge in [0, 0.05) is 17.5 Å². The average molecular weight is 259 g/mol. The van der Waals surface area contributed by atoms with Crippen LogP contribution in [0.4, 0.5) is 0 Å². The van der Waals surface area contributed by atoms with E-state index in [0.717, 1.165) is 6.54 Å². The van der Waals surface area contributed by atoms with Crippen molar-refractivity contribution in [1.82, 2.24) is 5.32 Å². The van der Waals surface area contributed by atoms with Crippen LogP contribution in [0.5, 0.6) is 0 Å². The van der Waals surface area contributed by atoms with Gasteiger partial charge in [0.05, 0.1) is 0 Å². The van der Waals surface area contributed by atoms with Crippen LogP contribution in [0.25, 0.3) is 0 Å².